The summed E-state index contributed by atoms with van der Waals surface area (Å²) >= 11 is 5.86. The van der Waals surface area contributed by atoms with E-state index in [2.05, 4.69) is 5.32 Å². The van der Waals surface area contributed by atoms with Gasteiger partial charge in [0.1, 0.15) is 17.3 Å². The van der Waals surface area contributed by atoms with Gasteiger partial charge in [0.15, 0.2) is 0 Å². The molecule has 0 unspecified atom stereocenters. The third kappa shape index (κ3) is 5.70. The number of carbonyl (C=O) groups excluding carboxylic acids is 2. The summed E-state index contributed by atoms with van der Waals surface area (Å²) in [6.45, 7) is 1.86. The molecular weight excluding hydrogens is 446 g/mol. The van der Waals surface area contributed by atoms with E-state index in [1.54, 1.807) is 17.0 Å². The molecule has 0 aliphatic carbocycles. The van der Waals surface area contributed by atoms with Gasteiger partial charge in [-0.3, -0.25) is 19.7 Å². The second-order valence-corrected chi connectivity index (χ2v) is 7.68. The number of hydrogen-bond acceptors (Lipinski definition) is 5. The Labute approximate surface area is 187 Å². The van der Waals surface area contributed by atoms with Crippen LogP contribution in [-0.4, -0.2) is 54.4 Å². The maximum atomic E-state index is 13.6. The van der Waals surface area contributed by atoms with Crippen LogP contribution in [0.1, 0.15) is 23.2 Å². The topological polar surface area (TPSA) is 95.8 Å². The Kier molecular flexibility index (Phi) is 7.57. The second kappa shape index (κ2) is 10.4. The second-order valence-electron chi connectivity index (χ2n) is 7.24. The minimum atomic E-state index is -0.947. The fourth-order valence-electron chi connectivity index (χ4n) is 3.48. The fraction of sp³-hybridized carbons (Fsp3) is 0.333. The number of nitrogens with zero attached hydrogens (tertiary/aromatic N) is 3. The molecule has 2 aromatic carbocycles. The minimum absolute atomic E-state index is 0.0781. The predicted molar refractivity (Wildman–Crippen MR) is 115 cm³/mol. The molecule has 32 heavy (non-hydrogen) atoms. The van der Waals surface area contributed by atoms with Crippen molar-refractivity contribution in [3.8, 4) is 0 Å². The van der Waals surface area contributed by atoms with Crippen molar-refractivity contribution in [3.05, 3.63) is 68.7 Å². The van der Waals surface area contributed by atoms with Crippen LogP contribution in [0.25, 0.3) is 0 Å². The number of amides is 2. The van der Waals surface area contributed by atoms with Gasteiger partial charge in [0, 0.05) is 56.3 Å². The quantitative estimate of drug-likeness (QED) is 0.383. The first-order valence-corrected chi connectivity index (χ1v) is 10.3. The van der Waals surface area contributed by atoms with E-state index in [1.807, 2.05) is 4.90 Å². The third-order valence-corrected chi connectivity index (χ3v) is 5.37. The molecule has 1 N–H and O–H groups in total. The molecule has 0 bridgehead atoms. The number of nitrogens with one attached hydrogen (secondary N) is 1. The zero-order valence-electron chi connectivity index (χ0n) is 17.0. The molecule has 170 valence electrons. The molecule has 0 aromatic heterocycles. The molecule has 3 rings (SSSR count). The average Bonchev–Trinajstić information content (AvgIpc) is 2.76. The van der Waals surface area contributed by atoms with Crippen LogP contribution in [0.4, 0.5) is 20.2 Å². The zero-order chi connectivity index (χ0) is 23.3. The molecule has 1 fully saturated rings. The summed E-state index contributed by atoms with van der Waals surface area (Å²) < 4.78 is 26.5. The Balaban J connectivity index is 1.44. The SMILES string of the molecule is O=C(NCCCC(=O)N1CCN(c2ccc(Cl)cc2[N+](=O)[O-])CC1)c1ccc(F)cc1F. The molecule has 0 radical (unpaired) electrons. The van der Waals surface area contributed by atoms with E-state index >= 15 is 0 Å². The highest BCUT2D eigenvalue weighted by molar-refractivity contribution is 6.30. The van der Waals surface area contributed by atoms with Gasteiger partial charge in [0.25, 0.3) is 11.6 Å². The van der Waals surface area contributed by atoms with Crippen LogP contribution in [0, 0.1) is 21.7 Å². The van der Waals surface area contributed by atoms with Gasteiger partial charge in [-0.15, -0.1) is 0 Å². The first-order valence-electron chi connectivity index (χ1n) is 9.96. The summed E-state index contributed by atoms with van der Waals surface area (Å²) in [6, 6.07) is 7.20. The molecule has 8 nitrogen and oxygen atoms in total. The predicted octanol–water partition coefficient (Wildman–Crippen LogP) is 3.39. The molecule has 11 heteroatoms. The molecule has 0 saturated carbocycles. The molecule has 0 atom stereocenters. The number of rotatable bonds is 7. The van der Waals surface area contributed by atoms with Gasteiger partial charge in [-0.2, -0.15) is 0 Å². The highest BCUT2D eigenvalue weighted by Crippen LogP contribution is 2.31. The number of anilines is 1. The molecule has 1 heterocycles. The Morgan fingerprint density at radius 1 is 1.09 bits per heavy atom. The van der Waals surface area contributed by atoms with E-state index in [0.29, 0.717) is 44.4 Å². The first kappa shape index (κ1) is 23.4. The number of halogens is 3. The van der Waals surface area contributed by atoms with Gasteiger partial charge in [-0.1, -0.05) is 11.6 Å². The lowest BCUT2D eigenvalue weighted by Gasteiger charge is -2.36. The molecular formula is C21H21ClF2N4O4. The summed E-state index contributed by atoms with van der Waals surface area (Å²) in [7, 11) is 0. The molecule has 1 aliphatic heterocycles. The van der Waals surface area contributed by atoms with E-state index in [1.165, 1.54) is 6.07 Å². The Morgan fingerprint density at radius 3 is 2.47 bits per heavy atom. The molecule has 1 aliphatic rings. The zero-order valence-corrected chi connectivity index (χ0v) is 17.8. The van der Waals surface area contributed by atoms with Crippen molar-refractivity contribution in [2.45, 2.75) is 12.8 Å². The van der Waals surface area contributed by atoms with E-state index in [4.69, 9.17) is 11.6 Å². The summed E-state index contributed by atoms with van der Waals surface area (Å²) in [5.74, 6) is -2.49. The number of hydrogen-bond donors (Lipinski definition) is 1. The van der Waals surface area contributed by atoms with Crippen molar-refractivity contribution in [2.75, 3.05) is 37.6 Å². The molecule has 2 aromatic rings. The van der Waals surface area contributed by atoms with Crippen LogP contribution in [-0.2, 0) is 4.79 Å². The van der Waals surface area contributed by atoms with E-state index in [9.17, 15) is 28.5 Å². The number of benzene rings is 2. The maximum Gasteiger partial charge on any atom is 0.294 e. The number of piperazine rings is 1. The third-order valence-electron chi connectivity index (χ3n) is 5.14. The van der Waals surface area contributed by atoms with Crippen LogP contribution in [0.5, 0.6) is 0 Å². The van der Waals surface area contributed by atoms with Crippen molar-refractivity contribution in [3.63, 3.8) is 0 Å². The smallest absolute Gasteiger partial charge is 0.294 e. The Morgan fingerprint density at radius 2 is 1.81 bits per heavy atom. The van der Waals surface area contributed by atoms with Crippen LogP contribution in [0.3, 0.4) is 0 Å². The van der Waals surface area contributed by atoms with Gasteiger partial charge >= 0.3 is 0 Å². The standard InChI is InChI=1S/C21H21ClF2N4O4/c22-14-3-6-18(19(12-14)28(31)32)26-8-10-27(11-9-26)20(29)2-1-7-25-21(30)16-5-4-15(23)13-17(16)24/h3-6,12-13H,1-2,7-11H2,(H,25,30). The van der Waals surface area contributed by atoms with Crippen LogP contribution < -0.4 is 10.2 Å². The summed E-state index contributed by atoms with van der Waals surface area (Å²) in [4.78, 5) is 38.7. The Hall–Kier alpha value is -3.27. The van der Waals surface area contributed by atoms with E-state index in [0.717, 1.165) is 12.1 Å². The maximum absolute atomic E-state index is 13.6. The summed E-state index contributed by atoms with van der Waals surface area (Å²) in [5.41, 5.74) is 0.123. The van der Waals surface area contributed by atoms with Gasteiger partial charge < -0.3 is 15.1 Å². The van der Waals surface area contributed by atoms with Crippen molar-refractivity contribution < 1.29 is 23.3 Å². The van der Waals surface area contributed by atoms with Gasteiger partial charge in [0.05, 0.1) is 10.5 Å². The van der Waals surface area contributed by atoms with Gasteiger partial charge in [0.2, 0.25) is 5.91 Å². The van der Waals surface area contributed by atoms with Crippen molar-refractivity contribution in [2.24, 2.45) is 0 Å². The lowest BCUT2D eigenvalue weighted by atomic mass is 10.2. The summed E-state index contributed by atoms with van der Waals surface area (Å²) in [6.07, 6.45) is 0.545. The van der Waals surface area contributed by atoms with Crippen LogP contribution in [0.2, 0.25) is 5.02 Å². The fourth-order valence-corrected chi connectivity index (χ4v) is 3.64. The molecule has 1 saturated heterocycles. The summed E-state index contributed by atoms with van der Waals surface area (Å²) in [5, 5.41) is 14.1. The monoisotopic (exact) mass is 466 g/mol. The number of nitro benzene ring substituents is 1. The lowest BCUT2D eigenvalue weighted by Crippen LogP contribution is -2.49. The normalized spacial score (nSPS) is 13.7. The Bertz CT molecular complexity index is 1030. The van der Waals surface area contributed by atoms with Crippen molar-refractivity contribution in [1.29, 1.82) is 0 Å². The van der Waals surface area contributed by atoms with Gasteiger partial charge in [-0.25, -0.2) is 8.78 Å². The van der Waals surface area contributed by atoms with Gasteiger partial charge in [-0.05, 0) is 30.7 Å². The number of carbonyl (C=O) groups is 2. The van der Waals surface area contributed by atoms with Crippen molar-refractivity contribution in [1.82, 2.24) is 10.2 Å². The number of nitro groups is 1. The van der Waals surface area contributed by atoms with E-state index < -0.39 is 22.5 Å². The molecule has 0 spiro atoms. The van der Waals surface area contributed by atoms with E-state index in [-0.39, 0.29) is 35.1 Å². The molecule has 2 amide bonds. The van der Waals surface area contributed by atoms with Crippen LogP contribution >= 0.6 is 11.6 Å². The van der Waals surface area contributed by atoms with Crippen LogP contribution in [0.15, 0.2) is 36.4 Å². The highest BCUT2D eigenvalue weighted by Gasteiger charge is 2.25. The lowest BCUT2D eigenvalue weighted by molar-refractivity contribution is -0.384. The average molecular weight is 467 g/mol. The minimum Gasteiger partial charge on any atom is -0.362 e. The largest absolute Gasteiger partial charge is 0.362 e. The highest BCUT2D eigenvalue weighted by atomic mass is 35.5. The van der Waals surface area contributed by atoms with Crippen molar-refractivity contribution >= 4 is 34.8 Å². The first-order chi connectivity index (χ1) is 15.3.